The van der Waals surface area contributed by atoms with Gasteiger partial charge < -0.3 is 4.42 Å². The molecule has 1 aromatic rings. The minimum atomic E-state index is -1.55. The molecule has 0 N–H and O–H groups in total. The van der Waals surface area contributed by atoms with E-state index in [0.29, 0.717) is 28.1 Å². The number of Topliss-reactive ketones (excluding diaryl/α,β-unsaturated/α-hetero) is 1. The van der Waals surface area contributed by atoms with Crippen molar-refractivity contribution in [3.63, 3.8) is 0 Å². The molecular weight excluding hydrogens is 272 g/mol. The lowest BCUT2D eigenvalue weighted by molar-refractivity contribution is 0.0992. The second kappa shape index (κ2) is 6.80. The molecule has 0 amide bonds. The first kappa shape index (κ1) is 16.6. The molecule has 0 aliphatic carbocycles. The normalized spacial score (nSPS) is 12.7. The minimum Gasteiger partial charge on any atom is -0.461 e. The van der Waals surface area contributed by atoms with Gasteiger partial charge in [0.1, 0.15) is 7.22 Å². The third-order valence-corrected chi connectivity index (χ3v) is 16.5. The topological polar surface area (TPSA) is 30.2 Å². The van der Waals surface area contributed by atoms with Crippen molar-refractivity contribution >= 4 is 24.2 Å². The molecule has 0 radical (unpaired) electrons. The first-order valence-electron chi connectivity index (χ1n) is 7.03. The highest BCUT2D eigenvalue weighted by atomic mass is 32.4. The third-order valence-electron chi connectivity index (χ3n) is 3.96. The van der Waals surface area contributed by atoms with E-state index in [-0.39, 0.29) is 5.78 Å². The van der Waals surface area contributed by atoms with Crippen molar-refractivity contribution in [3.05, 3.63) is 24.2 Å². The predicted octanol–water partition coefficient (Wildman–Crippen LogP) is 5.37. The lowest BCUT2D eigenvalue weighted by atomic mass is 10.3. The first-order chi connectivity index (χ1) is 8.82. The summed E-state index contributed by atoms with van der Waals surface area (Å²) in [7, 11) is -1.55. The summed E-state index contributed by atoms with van der Waals surface area (Å²) in [6.07, 6.45) is 1.57. The SMILES string of the molecule is CC(C)[Si](SCC(=O)c1ccco1)(C(C)C)C(C)C. The number of ketones is 1. The van der Waals surface area contributed by atoms with Gasteiger partial charge in [0.15, 0.2) is 5.76 Å². The maximum atomic E-state index is 12.1. The summed E-state index contributed by atoms with van der Waals surface area (Å²) in [6.45, 7) is 13.9. The van der Waals surface area contributed by atoms with E-state index in [1.165, 1.54) is 0 Å². The molecule has 0 aromatic carbocycles. The van der Waals surface area contributed by atoms with Crippen LogP contribution in [0.1, 0.15) is 52.1 Å². The van der Waals surface area contributed by atoms with Crippen LogP contribution in [0.5, 0.6) is 0 Å². The van der Waals surface area contributed by atoms with Crippen LogP contribution in [0.4, 0.5) is 0 Å². The number of hydrogen-bond donors (Lipinski definition) is 0. The summed E-state index contributed by atoms with van der Waals surface area (Å²) in [5.74, 6) is 1.16. The monoisotopic (exact) mass is 298 g/mol. The predicted molar refractivity (Wildman–Crippen MR) is 86.5 cm³/mol. The molecule has 1 rings (SSSR count). The van der Waals surface area contributed by atoms with Crippen LogP contribution in [0.15, 0.2) is 22.8 Å². The second-order valence-corrected chi connectivity index (χ2v) is 14.7. The van der Waals surface area contributed by atoms with Gasteiger partial charge in [0.05, 0.1) is 12.0 Å². The highest BCUT2D eigenvalue weighted by molar-refractivity contribution is 8.29. The van der Waals surface area contributed by atoms with Crippen LogP contribution in [0, 0.1) is 0 Å². The van der Waals surface area contributed by atoms with Gasteiger partial charge in [0.2, 0.25) is 5.78 Å². The number of carbonyl (C=O) groups is 1. The zero-order chi connectivity index (χ0) is 14.6. The molecule has 0 aliphatic rings. The zero-order valence-electron chi connectivity index (χ0n) is 12.9. The lowest BCUT2D eigenvalue weighted by Gasteiger charge is -2.42. The lowest BCUT2D eigenvalue weighted by Crippen LogP contribution is -2.42. The Hall–Kier alpha value is -0.483. The van der Waals surface area contributed by atoms with Crippen LogP contribution in [-0.2, 0) is 0 Å². The average molecular weight is 299 g/mol. The van der Waals surface area contributed by atoms with E-state index in [0.717, 1.165) is 0 Å². The van der Waals surface area contributed by atoms with E-state index in [9.17, 15) is 4.79 Å². The van der Waals surface area contributed by atoms with Gasteiger partial charge in [-0.3, -0.25) is 4.79 Å². The highest BCUT2D eigenvalue weighted by Gasteiger charge is 2.43. The molecule has 108 valence electrons. The average Bonchev–Trinajstić information content (AvgIpc) is 2.81. The van der Waals surface area contributed by atoms with E-state index < -0.39 is 7.22 Å². The molecule has 0 bridgehead atoms. The van der Waals surface area contributed by atoms with Crippen LogP contribution >= 0.6 is 11.2 Å². The minimum absolute atomic E-state index is 0.119. The number of rotatable bonds is 7. The Bertz CT molecular complexity index is 375. The van der Waals surface area contributed by atoms with E-state index in [4.69, 9.17) is 4.42 Å². The fourth-order valence-electron chi connectivity index (χ4n) is 3.20. The quantitative estimate of drug-likeness (QED) is 0.500. The summed E-state index contributed by atoms with van der Waals surface area (Å²) in [5, 5.41) is 0. The summed E-state index contributed by atoms with van der Waals surface area (Å²) in [6, 6.07) is 3.53. The van der Waals surface area contributed by atoms with Crippen LogP contribution in [0.25, 0.3) is 0 Å². The summed E-state index contributed by atoms with van der Waals surface area (Å²) in [4.78, 5) is 12.1. The largest absolute Gasteiger partial charge is 0.461 e. The smallest absolute Gasteiger partial charge is 0.207 e. The molecule has 0 spiro atoms. The van der Waals surface area contributed by atoms with Crippen LogP contribution in [-0.4, -0.2) is 18.8 Å². The molecule has 0 saturated carbocycles. The molecular formula is C15H26O2SSi. The van der Waals surface area contributed by atoms with Crippen molar-refractivity contribution in [1.29, 1.82) is 0 Å². The van der Waals surface area contributed by atoms with Crippen molar-refractivity contribution < 1.29 is 9.21 Å². The molecule has 4 heteroatoms. The van der Waals surface area contributed by atoms with Gasteiger partial charge in [-0.1, -0.05) is 41.5 Å². The van der Waals surface area contributed by atoms with Gasteiger partial charge in [-0.25, -0.2) is 0 Å². The van der Waals surface area contributed by atoms with Gasteiger partial charge in [0, 0.05) is 0 Å². The van der Waals surface area contributed by atoms with E-state index in [2.05, 4.69) is 41.5 Å². The summed E-state index contributed by atoms with van der Waals surface area (Å²) < 4.78 is 5.19. The van der Waals surface area contributed by atoms with Crippen LogP contribution in [0.3, 0.4) is 0 Å². The molecule has 0 atom stereocenters. The molecule has 2 nitrogen and oxygen atoms in total. The van der Waals surface area contributed by atoms with Crippen LogP contribution < -0.4 is 0 Å². The molecule has 0 saturated heterocycles. The van der Waals surface area contributed by atoms with E-state index >= 15 is 0 Å². The second-order valence-electron chi connectivity index (χ2n) is 6.01. The summed E-state index contributed by atoms with van der Waals surface area (Å²) in [5.41, 5.74) is 2.01. The molecule has 0 fully saturated rings. The Kier molecular flexibility index (Phi) is 5.93. The number of furan rings is 1. The maximum Gasteiger partial charge on any atom is 0.207 e. The summed E-state index contributed by atoms with van der Waals surface area (Å²) >= 11 is 1.93. The fourth-order valence-corrected chi connectivity index (χ4v) is 12.9. The van der Waals surface area contributed by atoms with Crippen molar-refractivity contribution in [3.8, 4) is 0 Å². The fraction of sp³-hybridized carbons (Fsp3) is 0.667. The third kappa shape index (κ3) is 3.54. The van der Waals surface area contributed by atoms with Crippen LogP contribution in [0.2, 0.25) is 16.6 Å². The molecule has 0 unspecified atom stereocenters. The maximum absolute atomic E-state index is 12.1. The van der Waals surface area contributed by atoms with Gasteiger partial charge in [-0.15, -0.1) is 0 Å². The van der Waals surface area contributed by atoms with E-state index in [1.54, 1.807) is 18.4 Å². The first-order valence-corrected chi connectivity index (χ1v) is 11.0. The van der Waals surface area contributed by atoms with Crippen molar-refractivity contribution in [1.82, 2.24) is 0 Å². The number of carbonyl (C=O) groups excluding carboxylic acids is 1. The molecule has 1 aromatic heterocycles. The zero-order valence-corrected chi connectivity index (χ0v) is 14.7. The Morgan fingerprint density at radius 2 is 1.68 bits per heavy atom. The van der Waals surface area contributed by atoms with Crippen molar-refractivity contribution in [2.45, 2.75) is 58.2 Å². The van der Waals surface area contributed by atoms with Crippen molar-refractivity contribution in [2.24, 2.45) is 0 Å². The highest BCUT2D eigenvalue weighted by Crippen LogP contribution is 2.49. The van der Waals surface area contributed by atoms with Gasteiger partial charge in [-0.2, -0.15) is 11.2 Å². The van der Waals surface area contributed by atoms with Gasteiger partial charge >= 0.3 is 0 Å². The van der Waals surface area contributed by atoms with E-state index in [1.807, 2.05) is 11.2 Å². The van der Waals surface area contributed by atoms with Gasteiger partial charge in [0.25, 0.3) is 0 Å². The Balaban J connectivity index is 2.82. The Morgan fingerprint density at radius 3 is 2.05 bits per heavy atom. The molecule has 0 aliphatic heterocycles. The Morgan fingerprint density at radius 1 is 1.16 bits per heavy atom. The standard InChI is InChI=1S/C15H26O2SSi/c1-11(2)19(12(3)4,13(5)6)18-10-14(16)15-8-7-9-17-15/h7-9,11-13H,10H2,1-6H3. The Labute approximate surface area is 122 Å². The molecule has 1 heterocycles. The number of hydrogen-bond acceptors (Lipinski definition) is 3. The molecule has 19 heavy (non-hydrogen) atoms. The van der Waals surface area contributed by atoms with Gasteiger partial charge in [-0.05, 0) is 28.8 Å². The van der Waals surface area contributed by atoms with Crippen molar-refractivity contribution in [2.75, 3.05) is 5.75 Å².